The zero-order chi connectivity index (χ0) is 13.0. The highest BCUT2D eigenvalue weighted by Gasteiger charge is 2.14. The van der Waals surface area contributed by atoms with Gasteiger partial charge >= 0.3 is 0 Å². The molecule has 0 radical (unpaired) electrons. The lowest BCUT2D eigenvalue weighted by Gasteiger charge is -2.20. The van der Waals surface area contributed by atoms with Crippen LogP contribution < -0.4 is 0 Å². The second-order valence-corrected chi connectivity index (χ2v) is 5.36. The predicted molar refractivity (Wildman–Crippen MR) is 84.7 cm³/mol. The van der Waals surface area contributed by atoms with E-state index in [2.05, 4.69) is 50.1 Å². The number of aryl methyl sites for hydroxylation is 1. The SMILES string of the molecule is C=C/C=C(\SC)c1ccc2c(c1)/C(=C\C)CCC2. The lowest BCUT2D eigenvalue weighted by Crippen LogP contribution is -2.02. The molecule has 0 saturated carbocycles. The van der Waals surface area contributed by atoms with Gasteiger partial charge in [0.1, 0.15) is 0 Å². The highest BCUT2D eigenvalue weighted by molar-refractivity contribution is 8.07. The molecule has 1 aliphatic rings. The van der Waals surface area contributed by atoms with Gasteiger partial charge in [0, 0.05) is 4.91 Å². The Hall–Kier alpha value is -1.21. The van der Waals surface area contributed by atoms with E-state index in [0.717, 1.165) is 0 Å². The smallest absolute Gasteiger partial charge is 0.0142 e. The zero-order valence-corrected chi connectivity index (χ0v) is 12.0. The van der Waals surface area contributed by atoms with E-state index in [9.17, 15) is 0 Å². The van der Waals surface area contributed by atoms with Crippen LogP contribution in [0.5, 0.6) is 0 Å². The van der Waals surface area contributed by atoms with Gasteiger partial charge in [0.05, 0.1) is 0 Å². The molecule has 0 nitrogen and oxygen atoms in total. The largest absolute Gasteiger partial charge is 0.129 e. The molecule has 18 heavy (non-hydrogen) atoms. The normalized spacial score (nSPS) is 17.7. The van der Waals surface area contributed by atoms with Crippen molar-refractivity contribution < 1.29 is 0 Å². The predicted octanol–water partition coefficient (Wildman–Crippen LogP) is 5.32. The van der Waals surface area contributed by atoms with Crippen LogP contribution in [0.3, 0.4) is 0 Å². The minimum Gasteiger partial charge on any atom is -0.129 e. The summed E-state index contributed by atoms with van der Waals surface area (Å²) in [6.45, 7) is 5.94. The molecular weight excluding hydrogens is 236 g/mol. The van der Waals surface area contributed by atoms with Gasteiger partial charge in [-0.05, 0) is 66.8 Å². The quantitative estimate of drug-likeness (QED) is 0.660. The number of thioether (sulfide) groups is 1. The summed E-state index contributed by atoms with van der Waals surface area (Å²) in [6, 6.07) is 6.87. The fraction of sp³-hybridized carbons (Fsp3) is 0.294. The van der Waals surface area contributed by atoms with Gasteiger partial charge in [-0.2, -0.15) is 0 Å². The third-order valence-electron chi connectivity index (χ3n) is 3.47. The summed E-state index contributed by atoms with van der Waals surface area (Å²) in [5.41, 5.74) is 5.75. The molecule has 94 valence electrons. The number of rotatable bonds is 3. The van der Waals surface area contributed by atoms with Crippen molar-refractivity contribution in [2.75, 3.05) is 6.26 Å². The highest BCUT2D eigenvalue weighted by Crippen LogP contribution is 2.34. The summed E-state index contributed by atoms with van der Waals surface area (Å²) in [7, 11) is 0. The van der Waals surface area contributed by atoms with E-state index in [1.165, 1.54) is 46.4 Å². The van der Waals surface area contributed by atoms with Crippen LogP contribution >= 0.6 is 11.8 Å². The Bertz CT molecular complexity index is 506. The topological polar surface area (TPSA) is 0 Å². The molecular formula is C17H20S. The van der Waals surface area contributed by atoms with E-state index in [0.29, 0.717) is 0 Å². The van der Waals surface area contributed by atoms with Gasteiger partial charge in [-0.3, -0.25) is 0 Å². The van der Waals surface area contributed by atoms with E-state index in [1.807, 2.05) is 6.08 Å². The maximum Gasteiger partial charge on any atom is 0.0142 e. The zero-order valence-electron chi connectivity index (χ0n) is 11.2. The Kier molecular flexibility index (Phi) is 4.48. The van der Waals surface area contributed by atoms with Crippen molar-refractivity contribution in [3.05, 3.63) is 59.7 Å². The highest BCUT2D eigenvalue weighted by atomic mass is 32.2. The number of hydrogen-bond acceptors (Lipinski definition) is 1. The van der Waals surface area contributed by atoms with Crippen LogP contribution in [0.15, 0.2) is 43.0 Å². The molecule has 0 atom stereocenters. The molecule has 0 spiro atoms. The van der Waals surface area contributed by atoms with Crippen molar-refractivity contribution in [1.82, 2.24) is 0 Å². The molecule has 0 aliphatic heterocycles. The van der Waals surface area contributed by atoms with Gasteiger partial charge in [0.25, 0.3) is 0 Å². The van der Waals surface area contributed by atoms with Crippen molar-refractivity contribution in [1.29, 1.82) is 0 Å². The maximum absolute atomic E-state index is 3.79. The summed E-state index contributed by atoms with van der Waals surface area (Å²) in [6.07, 6.45) is 12.0. The first-order chi connectivity index (χ1) is 8.80. The minimum absolute atomic E-state index is 1.22. The number of fused-ring (bicyclic) bond motifs is 1. The lowest BCUT2D eigenvalue weighted by atomic mass is 9.86. The molecule has 0 N–H and O–H groups in total. The number of allylic oxidation sites excluding steroid dienone is 4. The third kappa shape index (κ3) is 2.62. The van der Waals surface area contributed by atoms with Crippen molar-refractivity contribution in [2.45, 2.75) is 26.2 Å². The Balaban J connectivity index is 2.48. The Morgan fingerprint density at radius 3 is 2.83 bits per heavy atom. The second-order valence-electron chi connectivity index (χ2n) is 4.51. The number of hydrogen-bond donors (Lipinski definition) is 0. The number of benzene rings is 1. The summed E-state index contributed by atoms with van der Waals surface area (Å²) in [5, 5.41) is 0. The Morgan fingerprint density at radius 1 is 1.33 bits per heavy atom. The van der Waals surface area contributed by atoms with E-state index < -0.39 is 0 Å². The van der Waals surface area contributed by atoms with Crippen LogP contribution in [0.1, 0.15) is 36.5 Å². The van der Waals surface area contributed by atoms with Crippen molar-refractivity contribution in [3.63, 3.8) is 0 Å². The minimum atomic E-state index is 1.22. The molecule has 0 heterocycles. The molecule has 0 saturated heterocycles. The van der Waals surface area contributed by atoms with Gasteiger partial charge in [0.2, 0.25) is 0 Å². The van der Waals surface area contributed by atoms with Crippen LogP contribution in [0, 0.1) is 0 Å². The fourth-order valence-electron chi connectivity index (χ4n) is 2.54. The maximum atomic E-state index is 3.79. The van der Waals surface area contributed by atoms with Gasteiger partial charge in [-0.25, -0.2) is 0 Å². The first kappa shape index (κ1) is 13.2. The standard InChI is InChI=1S/C17H20S/c1-4-7-17(18-3)15-11-10-14-9-6-8-13(5-2)16(14)12-15/h4-5,7,10-12H,1,6,8-9H2,2-3H3/b13-5-,17-7-. The van der Waals surface area contributed by atoms with Crippen molar-refractivity contribution >= 4 is 22.2 Å². The van der Waals surface area contributed by atoms with E-state index in [1.54, 1.807) is 11.8 Å². The average Bonchev–Trinajstić information content (AvgIpc) is 2.43. The van der Waals surface area contributed by atoms with Crippen molar-refractivity contribution in [2.24, 2.45) is 0 Å². The summed E-state index contributed by atoms with van der Waals surface area (Å²) < 4.78 is 0. The van der Waals surface area contributed by atoms with E-state index in [-0.39, 0.29) is 0 Å². The molecule has 0 amide bonds. The van der Waals surface area contributed by atoms with Gasteiger partial charge in [0.15, 0.2) is 0 Å². The molecule has 1 aromatic carbocycles. The Labute approximate surface area is 114 Å². The summed E-state index contributed by atoms with van der Waals surface area (Å²) in [5.74, 6) is 0. The molecule has 0 unspecified atom stereocenters. The first-order valence-corrected chi connectivity index (χ1v) is 7.68. The van der Waals surface area contributed by atoms with Crippen LogP contribution in [0.25, 0.3) is 10.5 Å². The molecule has 1 heteroatoms. The molecule has 1 aromatic rings. The van der Waals surface area contributed by atoms with Crippen LogP contribution in [0.2, 0.25) is 0 Å². The van der Waals surface area contributed by atoms with Gasteiger partial charge < -0.3 is 0 Å². The van der Waals surface area contributed by atoms with Crippen molar-refractivity contribution in [3.8, 4) is 0 Å². The van der Waals surface area contributed by atoms with Crippen LogP contribution in [-0.4, -0.2) is 6.26 Å². The molecule has 0 fully saturated rings. The van der Waals surface area contributed by atoms with Crippen LogP contribution in [0.4, 0.5) is 0 Å². The molecule has 2 rings (SSSR count). The van der Waals surface area contributed by atoms with Gasteiger partial charge in [-0.1, -0.05) is 30.9 Å². The molecule has 1 aliphatic carbocycles. The molecule has 0 bridgehead atoms. The first-order valence-electron chi connectivity index (χ1n) is 6.45. The second kappa shape index (κ2) is 6.10. The summed E-state index contributed by atoms with van der Waals surface area (Å²) in [4.78, 5) is 1.29. The van der Waals surface area contributed by atoms with E-state index in [4.69, 9.17) is 0 Å². The Morgan fingerprint density at radius 2 is 2.17 bits per heavy atom. The monoisotopic (exact) mass is 256 g/mol. The average molecular weight is 256 g/mol. The van der Waals surface area contributed by atoms with Gasteiger partial charge in [-0.15, -0.1) is 11.8 Å². The fourth-order valence-corrected chi connectivity index (χ4v) is 3.13. The summed E-state index contributed by atoms with van der Waals surface area (Å²) >= 11 is 1.78. The molecule has 0 aromatic heterocycles. The lowest BCUT2D eigenvalue weighted by molar-refractivity contribution is 0.821. The van der Waals surface area contributed by atoms with E-state index >= 15 is 0 Å². The van der Waals surface area contributed by atoms with Crippen LogP contribution in [-0.2, 0) is 6.42 Å². The third-order valence-corrected chi connectivity index (χ3v) is 4.28.